The Morgan fingerprint density at radius 3 is 2.28 bits per heavy atom. The van der Waals surface area contributed by atoms with Crippen LogP contribution in [0, 0.1) is 13.8 Å². The van der Waals surface area contributed by atoms with Gasteiger partial charge in [0.1, 0.15) is 11.8 Å². The molecule has 0 saturated heterocycles. The van der Waals surface area contributed by atoms with Crippen molar-refractivity contribution in [2.24, 2.45) is 0 Å². The van der Waals surface area contributed by atoms with E-state index in [-0.39, 0.29) is 31.0 Å². The molecule has 0 heterocycles. The first-order valence-electron chi connectivity index (χ1n) is 10.5. The van der Waals surface area contributed by atoms with Crippen molar-refractivity contribution in [2.45, 2.75) is 59.7 Å². The van der Waals surface area contributed by atoms with Crippen molar-refractivity contribution in [3.05, 3.63) is 61.5 Å². The average Bonchev–Trinajstić information content (AvgIpc) is 2.75. The third kappa shape index (κ3) is 7.12. The fraction of sp³-hybridized carbons (Fsp3) is 0.417. The Hall–Kier alpha value is -1.76. The Balaban J connectivity index is 2.22. The van der Waals surface area contributed by atoms with Gasteiger partial charge in [0, 0.05) is 17.1 Å². The van der Waals surface area contributed by atoms with Gasteiger partial charge in [-0.3, -0.25) is 9.59 Å². The van der Waals surface area contributed by atoms with Gasteiger partial charge in [-0.15, -0.1) is 0 Å². The quantitative estimate of drug-likeness (QED) is 0.416. The molecule has 2 rings (SSSR count). The highest BCUT2D eigenvalue weighted by Gasteiger charge is 2.27. The summed E-state index contributed by atoms with van der Waals surface area (Å²) in [6, 6.07) is 8.22. The molecule has 2 atom stereocenters. The van der Waals surface area contributed by atoms with Crippen LogP contribution < -0.4 is 10.1 Å². The third-order valence-electron chi connectivity index (χ3n) is 5.28. The number of aryl methyl sites for hydroxylation is 2. The number of rotatable bonds is 9. The molecular weight excluding hydrogens is 515 g/mol. The van der Waals surface area contributed by atoms with Crippen LogP contribution >= 0.6 is 39.1 Å². The van der Waals surface area contributed by atoms with Crippen molar-refractivity contribution >= 4 is 50.9 Å². The van der Waals surface area contributed by atoms with Gasteiger partial charge in [-0.1, -0.05) is 52.1 Å². The second-order valence-electron chi connectivity index (χ2n) is 7.92. The van der Waals surface area contributed by atoms with Crippen molar-refractivity contribution in [2.75, 3.05) is 6.61 Å². The summed E-state index contributed by atoms with van der Waals surface area (Å²) in [6.07, 6.45) is 0.796. The summed E-state index contributed by atoms with van der Waals surface area (Å²) in [6.45, 7) is 9.56. The number of benzene rings is 2. The first kappa shape index (κ1) is 26.5. The van der Waals surface area contributed by atoms with Gasteiger partial charge in [0.2, 0.25) is 5.91 Å². The SMILES string of the molecule is CC[C@H](C)NC(=O)[C@@H](C)N(Cc1ccc(Cl)c(Cl)c1)C(=O)COc1cc(C)c(Br)c(C)c1. The second-order valence-corrected chi connectivity index (χ2v) is 9.53. The van der Waals surface area contributed by atoms with Crippen LogP contribution in [0.5, 0.6) is 5.75 Å². The Morgan fingerprint density at radius 1 is 1.09 bits per heavy atom. The zero-order valence-corrected chi connectivity index (χ0v) is 22.1. The predicted molar refractivity (Wildman–Crippen MR) is 133 cm³/mol. The van der Waals surface area contributed by atoms with E-state index in [0.29, 0.717) is 15.8 Å². The zero-order chi connectivity index (χ0) is 24.0. The molecule has 0 spiro atoms. The van der Waals surface area contributed by atoms with Crippen LogP contribution in [0.1, 0.15) is 43.9 Å². The molecule has 0 bridgehead atoms. The van der Waals surface area contributed by atoms with Crippen LogP contribution in [0.2, 0.25) is 10.0 Å². The fourth-order valence-electron chi connectivity index (χ4n) is 3.10. The lowest BCUT2D eigenvalue weighted by Crippen LogP contribution is -2.50. The van der Waals surface area contributed by atoms with Gasteiger partial charge < -0.3 is 15.0 Å². The van der Waals surface area contributed by atoms with Gasteiger partial charge in [0.05, 0.1) is 10.0 Å². The highest BCUT2D eigenvalue weighted by atomic mass is 79.9. The Morgan fingerprint density at radius 2 is 1.72 bits per heavy atom. The summed E-state index contributed by atoms with van der Waals surface area (Å²) in [5.41, 5.74) is 2.80. The summed E-state index contributed by atoms with van der Waals surface area (Å²) in [7, 11) is 0. The fourth-order valence-corrected chi connectivity index (χ4v) is 3.65. The summed E-state index contributed by atoms with van der Waals surface area (Å²) in [4.78, 5) is 27.4. The molecule has 2 aromatic rings. The Bertz CT molecular complexity index is 961. The molecule has 0 fully saturated rings. The van der Waals surface area contributed by atoms with Crippen LogP contribution in [0.3, 0.4) is 0 Å². The maximum absolute atomic E-state index is 13.2. The van der Waals surface area contributed by atoms with Crippen LogP contribution in [0.25, 0.3) is 0 Å². The van der Waals surface area contributed by atoms with Gasteiger partial charge in [0.25, 0.3) is 5.91 Å². The molecule has 5 nitrogen and oxygen atoms in total. The molecule has 2 amide bonds. The minimum Gasteiger partial charge on any atom is -0.484 e. The van der Waals surface area contributed by atoms with E-state index in [9.17, 15) is 9.59 Å². The van der Waals surface area contributed by atoms with Crippen LogP contribution in [-0.2, 0) is 16.1 Å². The Kier molecular flexibility index (Phi) is 9.86. The predicted octanol–water partition coefficient (Wildman–Crippen LogP) is 6.08. The smallest absolute Gasteiger partial charge is 0.261 e. The summed E-state index contributed by atoms with van der Waals surface area (Å²) in [5, 5.41) is 3.76. The van der Waals surface area contributed by atoms with E-state index >= 15 is 0 Å². The van der Waals surface area contributed by atoms with Crippen molar-refractivity contribution in [3.63, 3.8) is 0 Å². The molecule has 0 aliphatic carbocycles. The molecule has 0 unspecified atom stereocenters. The highest BCUT2D eigenvalue weighted by Crippen LogP contribution is 2.27. The molecule has 174 valence electrons. The zero-order valence-electron chi connectivity index (χ0n) is 19.0. The minimum absolute atomic E-state index is 0.0110. The number of amides is 2. The third-order valence-corrected chi connectivity index (χ3v) is 7.27. The number of carbonyl (C=O) groups excluding carboxylic acids is 2. The van der Waals surface area contributed by atoms with Crippen molar-refractivity contribution < 1.29 is 14.3 Å². The topological polar surface area (TPSA) is 58.6 Å². The summed E-state index contributed by atoms with van der Waals surface area (Å²) in [5.74, 6) is 0.0759. The molecule has 0 radical (unpaired) electrons. The van der Waals surface area contributed by atoms with Crippen LogP contribution in [0.4, 0.5) is 0 Å². The highest BCUT2D eigenvalue weighted by molar-refractivity contribution is 9.10. The lowest BCUT2D eigenvalue weighted by Gasteiger charge is -2.29. The maximum atomic E-state index is 13.2. The number of nitrogens with zero attached hydrogens (tertiary/aromatic N) is 1. The summed E-state index contributed by atoms with van der Waals surface area (Å²) >= 11 is 15.7. The van der Waals surface area contributed by atoms with E-state index in [1.54, 1.807) is 25.1 Å². The van der Waals surface area contributed by atoms with Gasteiger partial charge in [-0.2, -0.15) is 0 Å². The van der Waals surface area contributed by atoms with Gasteiger partial charge >= 0.3 is 0 Å². The molecule has 1 N–H and O–H groups in total. The number of nitrogens with one attached hydrogen (secondary N) is 1. The molecule has 0 aromatic heterocycles. The first-order valence-corrected chi connectivity index (χ1v) is 12.0. The number of carbonyl (C=O) groups is 2. The van der Waals surface area contributed by atoms with E-state index < -0.39 is 6.04 Å². The number of hydrogen-bond acceptors (Lipinski definition) is 3. The number of ether oxygens (including phenoxy) is 1. The van der Waals surface area contributed by atoms with E-state index in [1.807, 2.05) is 39.8 Å². The lowest BCUT2D eigenvalue weighted by atomic mass is 10.1. The largest absolute Gasteiger partial charge is 0.484 e. The molecule has 32 heavy (non-hydrogen) atoms. The monoisotopic (exact) mass is 542 g/mol. The molecule has 2 aromatic carbocycles. The maximum Gasteiger partial charge on any atom is 0.261 e. The van der Waals surface area contributed by atoms with Crippen molar-refractivity contribution in [3.8, 4) is 5.75 Å². The van der Waals surface area contributed by atoms with Crippen molar-refractivity contribution in [1.29, 1.82) is 0 Å². The summed E-state index contributed by atoms with van der Waals surface area (Å²) < 4.78 is 6.79. The van der Waals surface area contributed by atoms with E-state index in [4.69, 9.17) is 27.9 Å². The average molecular weight is 544 g/mol. The standard InChI is InChI=1S/C24H29BrCl2N2O3/c1-6-16(4)28-24(31)17(5)29(12-18-7-8-20(26)21(27)11-18)22(30)13-32-19-9-14(2)23(25)15(3)10-19/h7-11,16-17H,6,12-13H2,1-5H3,(H,28,31)/t16-,17+/m0/s1. The molecule has 8 heteroatoms. The van der Waals surface area contributed by atoms with E-state index in [2.05, 4.69) is 21.2 Å². The van der Waals surface area contributed by atoms with Crippen molar-refractivity contribution in [1.82, 2.24) is 10.2 Å². The molecule has 0 aliphatic rings. The molecule has 0 saturated carbocycles. The van der Waals surface area contributed by atoms with Gasteiger partial charge in [-0.05, 0) is 75.1 Å². The lowest BCUT2D eigenvalue weighted by molar-refractivity contribution is -0.142. The van der Waals surface area contributed by atoms with E-state index in [1.165, 1.54) is 4.90 Å². The molecule has 0 aliphatic heterocycles. The second kappa shape index (κ2) is 11.9. The van der Waals surface area contributed by atoms with Gasteiger partial charge in [0.15, 0.2) is 6.61 Å². The minimum atomic E-state index is -0.692. The number of hydrogen-bond donors (Lipinski definition) is 1. The normalized spacial score (nSPS) is 12.8. The van der Waals surface area contributed by atoms with Gasteiger partial charge in [-0.25, -0.2) is 0 Å². The van der Waals surface area contributed by atoms with Crippen LogP contribution in [0.15, 0.2) is 34.8 Å². The number of halogens is 3. The first-order chi connectivity index (χ1) is 15.0. The Labute approximate surface area is 208 Å². The molecular formula is C24H29BrCl2N2O3. The van der Waals surface area contributed by atoms with E-state index in [0.717, 1.165) is 27.6 Å². The van der Waals surface area contributed by atoms with Crippen LogP contribution in [-0.4, -0.2) is 35.4 Å².